The number of hydrogen-bond acceptors (Lipinski definition) is 5. The number of carbonyl (C=O) groups is 1. The Morgan fingerprint density at radius 3 is 2.61 bits per heavy atom. The van der Waals surface area contributed by atoms with E-state index in [0.29, 0.717) is 37.2 Å². The smallest absolute Gasteiger partial charge is 0.197 e. The second-order valence-corrected chi connectivity index (χ2v) is 9.21. The molecule has 2 aromatic rings. The summed E-state index contributed by atoms with van der Waals surface area (Å²) in [5.74, 6) is 0.169. The number of benzene rings is 2. The molecule has 0 N–H and O–H groups in total. The molecule has 2 aromatic carbocycles. The van der Waals surface area contributed by atoms with Gasteiger partial charge in [0.15, 0.2) is 23.1 Å². The van der Waals surface area contributed by atoms with Crippen LogP contribution in [0, 0.1) is 5.82 Å². The van der Waals surface area contributed by atoms with E-state index in [0.717, 1.165) is 11.1 Å². The number of ether oxygens (including phenoxy) is 3. The molecule has 0 spiro atoms. The first-order valence-electron chi connectivity index (χ1n) is 10.8. The van der Waals surface area contributed by atoms with Crippen LogP contribution in [0.3, 0.4) is 0 Å². The first-order valence-corrected chi connectivity index (χ1v) is 10.8. The molecule has 0 amide bonds. The minimum atomic E-state index is -0.446. The number of piperidine rings is 1. The summed E-state index contributed by atoms with van der Waals surface area (Å²) in [4.78, 5) is 15.0. The molecular weight excluding hydrogens is 397 g/mol. The van der Waals surface area contributed by atoms with Gasteiger partial charge in [-0.15, -0.1) is 0 Å². The number of fused-ring (bicyclic) bond motifs is 3. The van der Waals surface area contributed by atoms with Crippen LogP contribution in [-0.4, -0.2) is 42.6 Å². The van der Waals surface area contributed by atoms with Crippen LogP contribution in [0.25, 0.3) is 0 Å². The first-order chi connectivity index (χ1) is 14.8. The van der Waals surface area contributed by atoms with Gasteiger partial charge < -0.3 is 14.2 Å². The molecule has 2 atom stereocenters. The number of ketones is 1. The van der Waals surface area contributed by atoms with Gasteiger partial charge in [0.25, 0.3) is 0 Å². The van der Waals surface area contributed by atoms with Crippen molar-refractivity contribution in [3.05, 3.63) is 58.9 Å². The summed E-state index contributed by atoms with van der Waals surface area (Å²) in [6.45, 7) is 7.32. The standard InChI is InChI=1S/C25H30FNO4/c1-25(2,3)31-22-14-27-11-10-17-18(19(27)13-20(22)28)12-21(29-4)24(23(17)26)30-15-16-8-6-5-7-9-16/h5-9,12,19,22H,10-11,13-15H2,1-4H3/t19-,22-/m0/s1. The van der Waals surface area contributed by atoms with Crippen LogP contribution < -0.4 is 9.47 Å². The number of carbonyl (C=O) groups excluding carboxylic acids is 1. The van der Waals surface area contributed by atoms with E-state index in [1.54, 1.807) is 0 Å². The van der Waals surface area contributed by atoms with Crippen molar-refractivity contribution in [1.29, 1.82) is 0 Å². The third-order valence-electron chi connectivity index (χ3n) is 5.87. The van der Waals surface area contributed by atoms with Gasteiger partial charge in [-0.25, -0.2) is 4.39 Å². The highest BCUT2D eigenvalue weighted by molar-refractivity contribution is 5.85. The lowest BCUT2D eigenvalue weighted by Gasteiger charge is -2.44. The summed E-state index contributed by atoms with van der Waals surface area (Å²) in [5, 5.41) is 0. The van der Waals surface area contributed by atoms with Gasteiger partial charge in [-0.1, -0.05) is 30.3 Å². The van der Waals surface area contributed by atoms with Crippen LogP contribution in [0.2, 0.25) is 0 Å². The Morgan fingerprint density at radius 2 is 1.94 bits per heavy atom. The molecule has 0 saturated carbocycles. The van der Waals surface area contributed by atoms with Crippen molar-refractivity contribution < 1.29 is 23.4 Å². The minimum Gasteiger partial charge on any atom is -0.493 e. The maximum Gasteiger partial charge on any atom is 0.197 e. The van der Waals surface area contributed by atoms with Gasteiger partial charge in [-0.2, -0.15) is 0 Å². The van der Waals surface area contributed by atoms with Gasteiger partial charge in [0.1, 0.15) is 12.7 Å². The highest BCUT2D eigenvalue weighted by atomic mass is 19.1. The van der Waals surface area contributed by atoms with Gasteiger partial charge in [0, 0.05) is 25.6 Å². The topological polar surface area (TPSA) is 48.0 Å². The van der Waals surface area contributed by atoms with E-state index >= 15 is 4.39 Å². The minimum absolute atomic E-state index is 0.0628. The Hall–Kier alpha value is -2.44. The monoisotopic (exact) mass is 427 g/mol. The van der Waals surface area contributed by atoms with E-state index in [2.05, 4.69) is 4.90 Å². The summed E-state index contributed by atoms with van der Waals surface area (Å²) in [5.41, 5.74) is 2.00. The first kappa shape index (κ1) is 21.8. The molecule has 1 fully saturated rings. The Morgan fingerprint density at radius 1 is 1.19 bits per heavy atom. The second kappa shape index (κ2) is 8.60. The molecule has 0 bridgehead atoms. The van der Waals surface area contributed by atoms with E-state index < -0.39 is 6.10 Å². The summed E-state index contributed by atoms with van der Waals surface area (Å²) in [7, 11) is 1.51. The molecule has 166 valence electrons. The van der Waals surface area contributed by atoms with E-state index in [1.807, 2.05) is 57.2 Å². The summed E-state index contributed by atoms with van der Waals surface area (Å²) in [6, 6.07) is 11.3. The molecule has 1 saturated heterocycles. The molecule has 5 nitrogen and oxygen atoms in total. The quantitative estimate of drug-likeness (QED) is 0.705. The van der Waals surface area contributed by atoms with Crippen molar-refractivity contribution in [1.82, 2.24) is 4.90 Å². The second-order valence-electron chi connectivity index (χ2n) is 9.21. The molecule has 6 heteroatoms. The zero-order chi connectivity index (χ0) is 22.2. The van der Waals surface area contributed by atoms with Crippen molar-refractivity contribution >= 4 is 5.78 Å². The maximum absolute atomic E-state index is 15.5. The normalized spacial score (nSPS) is 21.4. The van der Waals surface area contributed by atoms with Crippen molar-refractivity contribution in [3.63, 3.8) is 0 Å². The molecule has 31 heavy (non-hydrogen) atoms. The van der Waals surface area contributed by atoms with Crippen LogP contribution in [-0.2, 0) is 22.6 Å². The Bertz CT molecular complexity index is 954. The molecule has 2 aliphatic rings. The summed E-state index contributed by atoms with van der Waals surface area (Å²) < 4.78 is 32.8. The molecule has 2 heterocycles. The van der Waals surface area contributed by atoms with Gasteiger partial charge in [-0.05, 0) is 49.9 Å². The predicted molar refractivity (Wildman–Crippen MR) is 116 cm³/mol. The number of nitrogens with zero attached hydrogens (tertiary/aromatic N) is 1. The number of rotatable bonds is 5. The fraction of sp³-hybridized carbons (Fsp3) is 0.480. The van der Waals surface area contributed by atoms with E-state index in [1.165, 1.54) is 7.11 Å². The number of Topliss-reactive ketones (excluding diaryl/α,β-unsaturated/α-hetero) is 1. The molecule has 0 aromatic heterocycles. The highest BCUT2D eigenvalue weighted by Crippen LogP contribution is 2.44. The SMILES string of the molecule is COc1cc2c(c(F)c1OCc1ccccc1)CCN1C[C@H](OC(C)(C)C)C(=O)C[C@@H]21. The average molecular weight is 428 g/mol. The summed E-state index contributed by atoms with van der Waals surface area (Å²) in [6.07, 6.45) is 0.415. The third-order valence-corrected chi connectivity index (χ3v) is 5.87. The molecule has 0 radical (unpaired) electrons. The van der Waals surface area contributed by atoms with Gasteiger partial charge in [0.2, 0.25) is 0 Å². The zero-order valence-electron chi connectivity index (χ0n) is 18.6. The van der Waals surface area contributed by atoms with Gasteiger partial charge in [0.05, 0.1) is 12.7 Å². The van der Waals surface area contributed by atoms with Crippen molar-refractivity contribution in [2.75, 3.05) is 20.2 Å². The van der Waals surface area contributed by atoms with Gasteiger partial charge in [-0.3, -0.25) is 9.69 Å². The Kier molecular flexibility index (Phi) is 6.04. The number of hydrogen-bond donors (Lipinski definition) is 0. The molecule has 0 unspecified atom stereocenters. The van der Waals surface area contributed by atoms with Crippen LogP contribution in [0.4, 0.5) is 4.39 Å². The lowest BCUT2D eigenvalue weighted by atomic mass is 9.85. The number of halogens is 1. The van der Waals surface area contributed by atoms with Crippen molar-refractivity contribution in [3.8, 4) is 11.5 Å². The largest absolute Gasteiger partial charge is 0.493 e. The maximum atomic E-state index is 15.5. The molecular formula is C25H30FNO4. The van der Waals surface area contributed by atoms with Crippen molar-refractivity contribution in [2.24, 2.45) is 0 Å². The molecule has 4 rings (SSSR count). The van der Waals surface area contributed by atoms with Gasteiger partial charge >= 0.3 is 0 Å². The van der Waals surface area contributed by atoms with E-state index in [9.17, 15) is 4.79 Å². The Labute approximate surface area is 183 Å². The van der Waals surface area contributed by atoms with Crippen LogP contribution in [0.5, 0.6) is 11.5 Å². The Balaban J connectivity index is 1.60. The fourth-order valence-electron chi connectivity index (χ4n) is 4.47. The van der Waals surface area contributed by atoms with Crippen LogP contribution in [0.1, 0.15) is 49.9 Å². The lowest BCUT2D eigenvalue weighted by molar-refractivity contribution is -0.151. The van der Waals surface area contributed by atoms with Crippen molar-refractivity contribution in [2.45, 2.75) is 58.0 Å². The van der Waals surface area contributed by atoms with Crippen LogP contribution in [0.15, 0.2) is 36.4 Å². The molecule has 0 aliphatic carbocycles. The summed E-state index contributed by atoms with van der Waals surface area (Å²) >= 11 is 0. The van der Waals surface area contributed by atoms with E-state index in [4.69, 9.17) is 14.2 Å². The zero-order valence-corrected chi connectivity index (χ0v) is 18.6. The number of methoxy groups -OCH3 is 1. The predicted octanol–water partition coefficient (Wildman–Crippen LogP) is 4.47. The average Bonchev–Trinajstić information content (AvgIpc) is 2.73. The third kappa shape index (κ3) is 4.60. The molecule has 2 aliphatic heterocycles. The van der Waals surface area contributed by atoms with E-state index in [-0.39, 0.29) is 35.6 Å². The van der Waals surface area contributed by atoms with Crippen LogP contribution >= 0.6 is 0 Å². The highest BCUT2D eigenvalue weighted by Gasteiger charge is 2.41. The lowest BCUT2D eigenvalue weighted by Crippen LogP contribution is -2.51. The fourth-order valence-corrected chi connectivity index (χ4v) is 4.47.